The molecule has 0 bridgehead atoms. The number of benzene rings is 1. The van der Waals surface area contributed by atoms with E-state index in [2.05, 4.69) is 11.7 Å². The van der Waals surface area contributed by atoms with Gasteiger partial charge in [0.15, 0.2) is 0 Å². The van der Waals surface area contributed by atoms with Crippen molar-refractivity contribution in [3.8, 4) is 39.5 Å². The van der Waals surface area contributed by atoms with Crippen molar-refractivity contribution in [3.05, 3.63) is 72.0 Å². The van der Waals surface area contributed by atoms with E-state index in [1.165, 1.54) is 30.6 Å². The van der Waals surface area contributed by atoms with Gasteiger partial charge in [0.1, 0.15) is 35.4 Å². The van der Waals surface area contributed by atoms with E-state index in [1.807, 2.05) is 42.4 Å². The molecule has 0 radical (unpaired) electrons. The molecule has 0 fully saturated rings. The lowest BCUT2D eigenvalue weighted by atomic mass is 9.97. The van der Waals surface area contributed by atoms with Crippen LogP contribution < -0.4 is 4.74 Å². The van der Waals surface area contributed by atoms with E-state index in [0.29, 0.717) is 35.7 Å². The topological polar surface area (TPSA) is 87.3 Å². The van der Waals surface area contributed by atoms with Crippen LogP contribution in [0.1, 0.15) is 18.7 Å². The quantitative estimate of drug-likeness (QED) is 0.172. The number of ether oxygens (including phenoxy) is 2. The van der Waals surface area contributed by atoms with Crippen LogP contribution >= 0.6 is 11.3 Å². The van der Waals surface area contributed by atoms with Gasteiger partial charge in [0, 0.05) is 60.2 Å². The Labute approximate surface area is 244 Å². The molecule has 5 aromatic rings. The van der Waals surface area contributed by atoms with Crippen LogP contribution in [0, 0.1) is 11.6 Å². The van der Waals surface area contributed by atoms with Crippen LogP contribution in [0.15, 0.2) is 54.7 Å². The number of carbonyl (C=O) groups is 1. The van der Waals surface area contributed by atoms with Crippen LogP contribution in [0.2, 0.25) is 0 Å². The number of thiophene rings is 1. The van der Waals surface area contributed by atoms with E-state index in [9.17, 15) is 9.18 Å². The van der Waals surface area contributed by atoms with Gasteiger partial charge < -0.3 is 14.4 Å². The molecule has 12 heteroatoms. The smallest absolute Gasteiger partial charge is 0.246 e. The van der Waals surface area contributed by atoms with Gasteiger partial charge in [0.2, 0.25) is 5.91 Å². The van der Waals surface area contributed by atoms with Gasteiger partial charge in [-0.25, -0.2) is 13.8 Å². The van der Waals surface area contributed by atoms with Gasteiger partial charge in [-0.1, -0.05) is 6.58 Å². The van der Waals surface area contributed by atoms with E-state index >= 15 is 4.39 Å². The average Bonchev–Trinajstić information content (AvgIpc) is 3.72. The second-order valence-corrected chi connectivity index (χ2v) is 11.0. The van der Waals surface area contributed by atoms with Crippen molar-refractivity contribution in [1.29, 1.82) is 0 Å². The largest absolute Gasteiger partial charge is 0.490 e. The predicted molar refractivity (Wildman–Crippen MR) is 156 cm³/mol. The number of aromatic nitrogens is 5. The highest BCUT2D eigenvalue weighted by Gasteiger charge is 2.30. The van der Waals surface area contributed by atoms with Gasteiger partial charge in [0.25, 0.3) is 0 Å². The maximum Gasteiger partial charge on any atom is 0.246 e. The summed E-state index contributed by atoms with van der Waals surface area (Å²) >= 11 is 1.42. The van der Waals surface area contributed by atoms with E-state index in [4.69, 9.17) is 19.6 Å². The fraction of sp³-hybridized carbons (Fsp3) is 0.267. The van der Waals surface area contributed by atoms with Gasteiger partial charge in [-0.15, -0.1) is 11.3 Å². The third-order valence-corrected chi connectivity index (χ3v) is 8.13. The summed E-state index contributed by atoms with van der Waals surface area (Å²) in [5.74, 6) is -1.67. The van der Waals surface area contributed by atoms with Crippen molar-refractivity contribution >= 4 is 27.3 Å². The lowest BCUT2D eigenvalue weighted by Crippen LogP contribution is -2.39. The van der Waals surface area contributed by atoms with Gasteiger partial charge in [-0.2, -0.15) is 10.2 Å². The highest BCUT2D eigenvalue weighted by molar-refractivity contribution is 7.18. The van der Waals surface area contributed by atoms with Crippen LogP contribution in [0.3, 0.4) is 0 Å². The first-order chi connectivity index (χ1) is 20.3. The number of carbonyl (C=O) groups excluding carboxylic acids is 1. The number of pyridine rings is 1. The minimum absolute atomic E-state index is 0.0384. The molecule has 6 rings (SSSR count). The molecule has 0 N–H and O–H groups in total. The Morgan fingerprint density at radius 1 is 1.21 bits per heavy atom. The minimum Gasteiger partial charge on any atom is -0.490 e. The summed E-state index contributed by atoms with van der Waals surface area (Å²) in [5, 5.41) is 11.9. The summed E-state index contributed by atoms with van der Waals surface area (Å²) < 4.78 is 45.6. The molecule has 1 aliphatic rings. The molecule has 1 atom stereocenters. The molecule has 216 valence electrons. The standard InChI is InChI=1S/C30H28F2N6O3S/c1-5-25(39)37-14-17(2)38-20(16-37)12-23(35-38)29-27(26-22(32)10-19(31)11-24(26)41-8-7-40-4)30-21(6-9-42-30)28(34-29)18-13-33-36(3)15-18/h5-6,9-13,15,17H,1,7-8,14,16H2,2-4H3/t17-/m0/s1. The second-order valence-electron chi connectivity index (χ2n) is 10.1. The zero-order chi connectivity index (χ0) is 29.5. The average molecular weight is 591 g/mol. The monoisotopic (exact) mass is 590 g/mol. The Morgan fingerprint density at radius 2 is 2.05 bits per heavy atom. The number of fused-ring (bicyclic) bond motifs is 2. The number of hydrogen-bond donors (Lipinski definition) is 0. The molecule has 1 aromatic carbocycles. The summed E-state index contributed by atoms with van der Waals surface area (Å²) in [5.41, 5.74) is 3.67. The number of aryl methyl sites for hydroxylation is 1. The Kier molecular flexibility index (Phi) is 7.33. The molecular weight excluding hydrogens is 562 g/mol. The van der Waals surface area contributed by atoms with Crippen LogP contribution in [-0.4, -0.2) is 62.2 Å². The zero-order valence-corrected chi connectivity index (χ0v) is 24.1. The van der Waals surface area contributed by atoms with E-state index < -0.39 is 11.6 Å². The maximum atomic E-state index is 15.9. The third kappa shape index (κ3) is 4.86. The van der Waals surface area contributed by atoms with Crippen molar-refractivity contribution in [2.45, 2.75) is 19.5 Å². The number of hydrogen-bond acceptors (Lipinski definition) is 7. The fourth-order valence-electron chi connectivity index (χ4n) is 5.35. The normalized spacial score (nSPS) is 14.8. The zero-order valence-electron chi connectivity index (χ0n) is 23.3. The fourth-order valence-corrected chi connectivity index (χ4v) is 6.30. The highest BCUT2D eigenvalue weighted by Crippen LogP contribution is 2.47. The van der Waals surface area contributed by atoms with Crippen LogP contribution in [0.25, 0.3) is 43.9 Å². The predicted octanol–water partition coefficient (Wildman–Crippen LogP) is 5.62. The molecular formula is C30H28F2N6O3S. The maximum absolute atomic E-state index is 15.9. The Balaban J connectivity index is 1.63. The van der Waals surface area contributed by atoms with E-state index in [0.717, 1.165) is 27.4 Å². The molecule has 0 unspecified atom stereocenters. The lowest BCUT2D eigenvalue weighted by Gasteiger charge is -2.31. The molecule has 9 nitrogen and oxygen atoms in total. The molecule has 1 amide bonds. The number of amides is 1. The van der Waals surface area contributed by atoms with Crippen molar-refractivity contribution in [2.24, 2.45) is 7.05 Å². The summed E-state index contributed by atoms with van der Waals surface area (Å²) in [6, 6.07) is 5.69. The number of methoxy groups -OCH3 is 1. The van der Waals surface area contributed by atoms with Crippen LogP contribution in [0.4, 0.5) is 8.78 Å². The first kappa shape index (κ1) is 27.7. The molecule has 42 heavy (non-hydrogen) atoms. The Morgan fingerprint density at radius 3 is 2.79 bits per heavy atom. The van der Waals surface area contributed by atoms with Gasteiger partial charge in [-0.05, 0) is 30.5 Å². The van der Waals surface area contributed by atoms with E-state index in [-0.39, 0.29) is 36.5 Å². The molecule has 4 aromatic heterocycles. The highest BCUT2D eigenvalue weighted by atomic mass is 32.1. The molecule has 0 spiro atoms. The summed E-state index contributed by atoms with van der Waals surface area (Å²) in [6.07, 6.45) is 4.88. The van der Waals surface area contributed by atoms with Crippen LogP contribution in [-0.2, 0) is 23.1 Å². The first-order valence-electron chi connectivity index (χ1n) is 13.3. The molecule has 1 aliphatic heterocycles. The van der Waals surface area contributed by atoms with E-state index in [1.54, 1.807) is 15.8 Å². The van der Waals surface area contributed by atoms with Crippen molar-refractivity contribution in [3.63, 3.8) is 0 Å². The first-order valence-corrected chi connectivity index (χ1v) is 14.2. The molecule has 5 heterocycles. The number of nitrogens with zero attached hydrogens (tertiary/aromatic N) is 6. The molecule has 0 saturated carbocycles. The van der Waals surface area contributed by atoms with Crippen molar-refractivity contribution < 1.29 is 23.0 Å². The summed E-state index contributed by atoms with van der Waals surface area (Å²) in [7, 11) is 3.35. The van der Waals surface area contributed by atoms with Crippen molar-refractivity contribution in [2.75, 3.05) is 26.9 Å². The SMILES string of the molecule is C=CC(=O)N1Cc2cc(-c3nc(-c4cnn(C)c4)c4ccsc4c3-c3c(F)cc(F)cc3OCCOC)nn2[C@@H](C)C1. The third-order valence-electron chi connectivity index (χ3n) is 7.20. The number of halogens is 2. The van der Waals surface area contributed by atoms with Crippen LogP contribution in [0.5, 0.6) is 5.75 Å². The lowest BCUT2D eigenvalue weighted by molar-refractivity contribution is -0.127. The van der Waals surface area contributed by atoms with Gasteiger partial charge >= 0.3 is 0 Å². The minimum atomic E-state index is -0.783. The Hall–Kier alpha value is -4.42. The Bertz CT molecular complexity index is 1830. The van der Waals surface area contributed by atoms with Crippen molar-refractivity contribution in [1.82, 2.24) is 29.4 Å². The number of rotatable bonds is 8. The van der Waals surface area contributed by atoms with Gasteiger partial charge in [-0.3, -0.25) is 14.2 Å². The molecule has 0 aliphatic carbocycles. The molecule has 0 saturated heterocycles. The second kappa shape index (κ2) is 11.1. The summed E-state index contributed by atoms with van der Waals surface area (Å²) in [4.78, 5) is 19.2. The van der Waals surface area contributed by atoms with Gasteiger partial charge in [0.05, 0.1) is 42.3 Å². The summed E-state index contributed by atoms with van der Waals surface area (Å²) in [6.45, 7) is 6.73.